The molecule has 18 heavy (non-hydrogen) atoms. The third kappa shape index (κ3) is 4.74. The fraction of sp³-hybridized carbons (Fsp3) is 0.846. The van der Waals surface area contributed by atoms with E-state index in [1.165, 1.54) is 0 Å². The molecular weight excluding hydrogens is 228 g/mol. The van der Waals surface area contributed by atoms with E-state index in [0.717, 1.165) is 38.4 Å². The third-order valence-electron chi connectivity index (χ3n) is 2.87. The zero-order valence-corrected chi connectivity index (χ0v) is 12.0. The Morgan fingerprint density at radius 1 is 1.39 bits per heavy atom. The van der Waals surface area contributed by atoms with E-state index in [1.54, 1.807) is 6.33 Å². The highest BCUT2D eigenvalue weighted by Gasteiger charge is 2.14. The fourth-order valence-corrected chi connectivity index (χ4v) is 2.01. The third-order valence-corrected chi connectivity index (χ3v) is 2.87. The van der Waals surface area contributed by atoms with Gasteiger partial charge in [-0.15, -0.1) is 0 Å². The lowest BCUT2D eigenvalue weighted by Gasteiger charge is -2.18. The van der Waals surface area contributed by atoms with Gasteiger partial charge in [-0.2, -0.15) is 5.10 Å². The van der Waals surface area contributed by atoms with Crippen molar-refractivity contribution < 1.29 is 4.74 Å². The van der Waals surface area contributed by atoms with Crippen LogP contribution in [0.2, 0.25) is 0 Å². The van der Waals surface area contributed by atoms with Gasteiger partial charge in [-0.05, 0) is 33.7 Å². The van der Waals surface area contributed by atoms with E-state index in [4.69, 9.17) is 4.74 Å². The molecule has 104 valence electrons. The molecule has 0 saturated heterocycles. The molecule has 1 atom stereocenters. The molecular formula is C13H26N4O. The van der Waals surface area contributed by atoms with Crippen LogP contribution >= 0.6 is 0 Å². The lowest BCUT2D eigenvalue weighted by atomic mass is 10.1. The molecule has 1 unspecified atom stereocenters. The summed E-state index contributed by atoms with van der Waals surface area (Å²) in [5.74, 6) is 1.05. The van der Waals surface area contributed by atoms with Crippen molar-refractivity contribution >= 4 is 0 Å². The number of hydrogen-bond acceptors (Lipinski definition) is 4. The molecule has 0 aromatic carbocycles. The van der Waals surface area contributed by atoms with Gasteiger partial charge in [0, 0.05) is 31.7 Å². The summed E-state index contributed by atoms with van der Waals surface area (Å²) in [6, 6.07) is 0.764. The smallest absolute Gasteiger partial charge is 0.138 e. The van der Waals surface area contributed by atoms with E-state index in [9.17, 15) is 0 Å². The van der Waals surface area contributed by atoms with Gasteiger partial charge in [0.2, 0.25) is 0 Å². The summed E-state index contributed by atoms with van der Waals surface area (Å²) in [5, 5.41) is 7.76. The first-order valence-corrected chi connectivity index (χ1v) is 6.88. The maximum Gasteiger partial charge on any atom is 0.138 e. The first-order chi connectivity index (χ1) is 8.69. The van der Waals surface area contributed by atoms with Crippen LogP contribution in [0.15, 0.2) is 6.33 Å². The SMILES string of the molecule is CCNC(CCOCC)Cc1ncnn1C(C)C. The van der Waals surface area contributed by atoms with Crippen molar-refractivity contribution in [3.63, 3.8) is 0 Å². The van der Waals surface area contributed by atoms with Crippen molar-refractivity contribution in [1.82, 2.24) is 20.1 Å². The molecule has 1 N–H and O–H groups in total. The van der Waals surface area contributed by atoms with E-state index < -0.39 is 0 Å². The van der Waals surface area contributed by atoms with E-state index in [2.05, 4.69) is 36.2 Å². The van der Waals surface area contributed by atoms with E-state index in [1.807, 2.05) is 11.6 Å². The Balaban J connectivity index is 2.55. The molecule has 0 aliphatic heterocycles. The van der Waals surface area contributed by atoms with Crippen LogP contribution in [0.1, 0.15) is 46.0 Å². The minimum absolute atomic E-state index is 0.358. The summed E-state index contributed by atoms with van der Waals surface area (Å²) in [4.78, 5) is 4.36. The molecule has 0 radical (unpaired) electrons. The van der Waals surface area contributed by atoms with Gasteiger partial charge in [-0.1, -0.05) is 6.92 Å². The van der Waals surface area contributed by atoms with Crippen molar-refractivity contribution in [3.8, 4) is 0 Å². The van der Waals surface area contributed by atoms with Crippen LogP contribution in [-0.4, -0.2) is 40.6 Å². The van der Waals surface area contributed by atoms with Crippen LogP contribution in [0.25, 0.3) is 0 Å². The molecule has 0 amide bonds. The summed E-state index contributed by atoms with van der Waals surface area (Å²) in [7, 11) is 0. The number of aromatic nitrogens is 3. The van der Waals surface area contributed by atoms with Crippen molar-refractivity contribution in [3.05, 3.63) is 12.2 Å². The number of rotatable bonds is 9. The Morgan fingerprint density at radius 2 is 2.17 bits per heavy atom. The maximum absolute atomic E-state index is 5.42. The highest BCUT2D eigenvalue weighted by Crippen LogP contribution is 2.09. The second-order valence-corrected chi connectivity index (χ2v) is 4.66. The summed E-state index contributed by atoms with van der Waals surface area (Å²) in [6.45, 7) is 10.9. The van der Waals surface area contributed by atoms with Crippen molar-refractivity contribution in [2.75, 3.05) is 19.8 Å². The zero-order chi connectivity index (χ0) is 13.4. The van der Waals surface area contributed by atoms with Gasteiger partial charge < -0.3 is 10.1 Å². The number of hydrogen-bond donors (Lipinski definition) is 1. The first kappa shape index (κ1) is 15.1. The van der Waals surface area contributed by atoms with E-state index in [-0.39, 0.29) is 0 Å². The Bertz CT molecular complexity index is 325. The monoisotopic (exact) mass is 254 g/mol. The van der Waals surface area contributed by atoms with Crippen molar-refractivity contribution in [1.29, 1.82) is 0 Å². The normalized spacial score (nSPS) is 13.2. The highest BCUT2D eigenvalue weighted by atomic mass is 16.5. The van der Waals surface area contributed by atoms with Crippen molar-refractivity contribution in [2.45, 2.75) is 52.6 Å². The first-order valence-electron chi connectivity index (χ1n) is 6.88. The molecule has 5 nitrogen and oxygen atoms in total. The number of likely N-dealkylation sites (N-methyl/N-ethyl adjacent to an activating group) is 1. The molecule has 0 spiro atoms. The van der Waals surface area contributed by atoms with Crippen LogP contribution in [0.3, 0.4) is 0 Å². The maximum atomic E-state index is 5.42. The Hall–Kier alpha value is -0.940. The van der Waals surface area contributed by atoms with Crippen LogP contribution in [-0.2, 0) is 11.2 Å². The van der Waals surface area contributed by atoms with Gasteiger partial charge in [0.05, 0.1) is 0 Å². The van der Waals surface area contributed by atoms with Crippen LogP contribution in [0.4, 0.5) is 0 Å². The average molecular weight is 254 g/mol. The molecule has 0 aliphatic rings. The molecule has 0 fully saturated rings. The minimum atomic E-state index is 0.358. The minimum Gasteiger partial charge on any atom is -0.382 e. The Morgan fingerprint density at radius 3 is 2.78 bits per heavy atom. The van der Waals surface area contributed by atoms with Crippen molar-refractivity contribution in [2.24, 2.45) is 0 Å². The topological polar surface area (TPSA) is 52.0 Å². The molecule has 1 heterocycles. The Labute approximate surface area is 110 Å². The van der Waals surface area contributed by atoms with Gasteiger partial charge in [0.1, 0.15) is 12.2 Å². The molecule has 0 bridgehead atoms. The second kappa shape index (κ2) is 8.21. The van der Waals surface area contributed by atoms with Gasteiger partial charge in [-0.25, -0.2) is 9.67 Å². The standard InChI is InChI=1S/C13H26N4O/c1-5-14-12(7-8-18-6-2)9-13-15-10-16-17(13)11(3)4/h10-12,14H,5-9H2,1-4H3. The lowest BCUT2D eigenvalue weighted by molar-refractivity contribution is 0.136. The van der Waals surface area contributed by atoms with E-state index in [0.29, 0.717) is 12.1 Å². The quantitative estimate of drug-likeness (QED) is 0.683. The molecule has 1 aromatic heterocycles. The highest BCUT2D eigenvalue weighted by molar-refractivity contribution is 4.91. The van der Waals surface area contributed by atoms with Crippen LogP contribution < -0.4 is 5.32 Å². The van der Waals surface area contributed by atoms with Crippen LogP contribution in [0.5, 0.6) is 0 Å². The summed E-state index contributed by atoms with van der Waals surface area (Å²) < 4.78 is 7.42. The largest absolute Gasteiger partial charge is 0.382 e. The van der Waals surface area contributed by atoms with Crippen LogP contribution in [0, 0.1) is 0 Å². The molecule has 0 saturated carbocycles. The Kier molecular flexibility index (Phi) is 6.90. The molecule has 5 heteroatoms. The molecule has 1 aromatic rings. The predicted molar refractivity (Wildman–Crippen MR) is 72.7 cm³/mol. The lowest BCUT2D eigenvalue weighted by Crippen LogP contribution is -2.33. The average Bonchev–Trinajstić information content (AvgIpc) is 2.78. The van der Waals surface area contributed by atoms with Gasteiger partial charge in [-0.3, -0.25) is 0 Å². The number of ether oxygens (including phenoxy) is 1. The summed E-state index contributed by atoms with van der Waals surface area (Å²) in [5.41, 5.74) is 0. The fourth-order valence-electron chi connectivity index (χ4n) is 2.01. The second-order valence-electron chi connectivity index (χ2n) is 4.66. The molecule has 1 rings (SSSR count). The predicted octanol–water partition coefficient (Wildman–Crippen LogP) is 1.81. The van der Waals surface area contributed by atoms with Gasteiger partial charge in [0.15, 0.2) is 0 Å². The number of nitrogens with zero attached hydrogens (tertiary/aromatic N) is 3. The molecule has 0 aliphatic carbocycles. The summed E-state index contributed by atoms with van der Waals surface area (Å²) in [6.07, 6.45) is 3.55. The number of nitrogens with one attached hydrogen (secondary N) is 1. The van der Waals surface area contributed by atoms with Gasteiger partial charge >= 0.3 is 0 Å². The zero-order valence-electron chi connectivity index (χ0n) is 12.0. The van der Waals surface area contributed by atoms with Gasteiger partial charge in [0.25, 0.3) is 0 Å². The van der Waals surface area contributed by atoms with E-state index >= 15 is 0 Å². The summed E-state index contributed by atoms with van der Waals surface area (Å²) >= 11 is 0.